The standard InChI is InChI=1S/C23H18ClN3O4/c24-20-14-18(27(30)31)9-10-19(20)22(28)25-17-8-11-21-16(13-17)7-4-12-26(21)23(29)15-5-2-1-3-6-15/h1-3,5-6,8-11,13-14H,4,7,12H2,(H,25,28). The van der Waals surface area contributed by atoms with Gasteiger partial charge in [0.25, 0.3) is 17.5 Å². The van der Waals surface area contributed by atoms with Crippen LogP contribution in [0.25, 0.3) is 0 Å². The van der Waals surface area contributed by atoms with Gasteiger partial charge in [-0.05, 0) is 54.8 Å². The molecule has 1 N–H and O–H groups in total. The van der Waals surface area contributed by atoms with E-state index in [0.29, 0.717) is 17.8 Å². The second-order valence-corrected chi connectivity index (χ2v) is 7.55. The van der Waals surface area contributed by atoms with Crippen molar-refractivity contribution in [3.8, 4) is 0 Å². The predicted molar refractivity (Wildman–Crippen MR) is 119 cm³/mol. The first-order valence-corrected chi connectivity index (χ1v) is 10.1. The lowest BCUT2D eigenvalue weighted by atomic mass is 10.00. The Morgan fingerprint density at radius 1 is 1.03 bits per heavy atom. The number of halogens is 1. The van der Waals surface area contributed by atoms with Crippen molar-refractivity contribution in [3.05, 3.63) is 98.6 Å². The van der Waals surface area contributed by atoms with E-state index in [9.17, 15) is 19.7 Å². The predicted octanol–water partition coefficient (Wildman–Crippen LogP) is 5.09. The van der Waals surface area contributed by atoms with Gasteiger partial charge in [-0.25, -0.2) is 0 Å². The van der Waals surface area contributed by atoms with Crippen LogP contribution in [0, 0.1) is 10.1 Å². The van der Waals surface area contributed by atoms with Crippen molar-refractivity contribution in [1.29, 1.82) is 0 Å². The summed E-state index contributed by atoms with van der Waals surface area (Å²) in [6.07, 6.45) is 1.60. The van der Waals surface area contributed by atoms with E-state index in [0.717, 1.165) is 30.2 Å². The number of nitro groups is 1. The molecule has 1 aliphatic heterocycles. The SMILES string of the molecule is O=C(Nc1ccc2c(c1)CCCN2C(=O)c1ccccc1)c1ccc([N+](=O)[O-])cc1Cl. The van der Waals surface area contributed by atoms with Crippen molar-refractivity contribution in [2.45, 2.75) is 12.8 Å². The monoisotopic (exact) mass is 435 g/mol. The molecule has 1 aliphatic rings. The Morgan fingerprint density at radius 3 is 2.52 bits per heavy atom. The number of amides is 2. The van der Waals surface area contributed by atoms with Crippen LogP contribution in [0.3, 0.4) is 0 Å². The molecule has 0 aliphatic carbocycles. The van der Waals surface area contributed by atoms with Gasteiger partial charge in [0.05, 0.1) is 15.5 Å². The number of aryl methyl sites for hydroxylation is 1. The number of nitrogens with one attached hydrogen (secondary N) is 1. The highest BCUT2D eigenvalue weighted by atomic mass is 35.5. The summed E-state index contributed by atoms with van der Waals surface area (Å²) in [4.78, 5) is 37.6. The fourth-order valence-corrected chi connectivity index (χ4v) is 3.88. The van der Waals surface area contributed by atoms with Crippen molar-refractivity contribution in [2.24, 2.45) is 0 Å². The average molecular weight is 436 g/mol. The van der Waals surface area contributed by atoms with Gasteiger partial charge in [-0.2, -0.15) is 0 Å². The average Bonchev–Trinajstić information content (AvgIpc) is 2.78. The number of hydrogen-bond donors (Lipinski definition) is 1. The molecule has 156 valence electrons. The number of non-ortho nitro benzene ring substituents is 1. The second kappa shape index (κ2) is 8.57. The summed E-state index contributed by atoms with van der Waals surface area (Å²) in [7, 11) is 0. The van der Waals surface area contributed by atoms with Crippen LogP contribution in [0.2, 0.25) is 5.02 Å². The molecule has 3 aromatic rings. The van der Waals surface area contributed by atoms with E-state index in [1.54, 1.807) is 23.1 Å². The smallest absolute Gasteiger partial charge is 0.270 e. The second-order valence-electron chi connectivity index (χ2n) is 7.15. The first-order valence-electron chi connectivity index (χ1n) is 9.69. The largest absolute Gasteiger partial charge is 0.322 e. The summed E-state index contributed by atoms with van der Waals surface area (Å²) >= 11 is 6.05. The summed E-state index contributed by atoms with van der Waals surface area (Å²) in [5, 5.41) is 13.6. The van der Waals surface area contributed by atoms with Gasteiger partial charge in [-0.3, -0.25) is 19.7 Å². The van der Waals surface area contributed by atoms with Crippen LogP contribution in [0.5, 0.6) is 0 Å². The topological polar surface area (TPSA) is 92.6 Å². The fraction of sp³-hybridized carbons (Fsp3) is 0.130. The zero-order chi connectivity index (χ0) is 22.0. The number of carbonyl (C=O) groups is 2. The normalized spacial score (nSPS) is 12.7. The van der Waals surface area contributed by atoms with Crippen molar-refractivity contribution < 1.29 is 14.5 Å². The number of nitrogens with zero attached hydrogens (tertiary/aromatic N) is 2. The van der Waals surface area contributed by atoms with Crippen LogP contribution in [0.4, 0.5) is 17.1 Å². The maximum absolute atomic E-state index is 12.9. The number of nitro benzene ring substituents is 1. The number of benzene rings is 3. The molecule has 1 heterocycles. The van der Waals surface area contributed by atoms with Crippen LogP contribution in [0.15, 0.2) is 66.7 Å². The van der Waals surface area contributed by atoms with Crippen molar-refractivity contribution in [3.63, 3.8) is 0 Å². The van der Waals surface area contributed by atoms with Gasteiger partial charge >= 0.3 is 0 Å². The molecule has 8 heteroatoms. The van der Waals surface area contributed by atoms with E-state index in [1.165, 1.54) is 12.1 Å². The lowest BCUT2D eigenvalue weighted by Gasteiger charge is -2.30. The van der Waals surface area contributed by atoms with Crippen molar-refractivity contribution in [2.75, 3.05) is 16.8 Å². The Balaban J connectivity index is 1.55. The zero-order valence-corrected chi connectivity index (χ0v) is 17.1. The maximum Gasteiger partial charge on any atom is 0.270 e. The van der Waals surface area contributed by atoms with Gasteiger partial charge in [0.15, 0.2) is 0 Å². The molecular weight excluding hydrogens is 418 g/mol. The molecule has 0 aromatic heterocycles. The first kappa shape index (κ1) is 20.6. The molecule has 0 radical (unpaired) electrons. The minimum atomic E-state index is -0.570. The molecule has 0 saturated heterocycles. The Morgan fingerprint density at radius 2 is 1.81 bits per heavy atom. The summed E-state index contributed by atoms with van der Waals surface area (Å²) in [5.41, 5.74) is 2.94. The van der Waals surface area contributed by atoms with Gasteiger partial charge in [0, 0.05) is 35.6 Å². The van der Waals surface area contributed by atoms with Crippen LogP contribution in [-0.2, 0) is 6.42 Å². The summed E-state index contributed by atoms with van der Waals surface area (Å²) < 4.78 is 0. The van der Waals surface area contributed by atoms with E-state index in [-0.39, 0.29) is 22.2 Å². The van der Waals surface area contributed by atoms with Crippen molar-refractivity contribution >= 4 is 40.5 Å². The summed E-state index contributed by atoms with van der Waals surface area (Å²) in [6.45, 7) is 0.630. The molecule has 3 aromatic carbocycles. The number of fused-ring (bicyclic) bond motifs is 1. The third-order valence-corrected chi connectivity index (χ3v) is 5.44. The molecule has 0 spiro atoms. The third-order valence-electron chi connectivity index (χ3n) is 5.13. The highest BCUT2D eigenvalue weighted by Crippen LogP contribution is 2.31. The molecule has 0 bridgehead atoms. The van der Waals surface area contributed by atoms with Gasteiger partial charge in [-0.15, -0.1) is 0 Å². The van der Waals surface area contributed by atoms with Crippen LogP contribution in [0.1, 0.15) is 32.7 Å². The van der Waals surface area contributed by atoms with E-state index in [2.05, 4.69) is 5.32 Å². The fourth-order valence-electron chi connectivity index (χ4n) is 3.62. The minimum absolute atomic E-state index is 0.00397. The Bertz CT molecular complexity index is 1180. The van der Waals surface area contributed by atoms with Gasteiger partial charge < -0.3 is 10.2 Å². The lowest BCUT2D eigenvalue weighted by Crippen LogP contribution is -2.35. The van der Waals surface area contributed by atoms with E-state index < -0.39 is 10.8 Å². The van der Waals surface area contributed by atoms with Crippen LogP contribution < -0.4 is 10.2 Å². The molecule has 7 nitrogen and oxygen atoms in total. The number of anilines is 2. The molecule has 0 fully saturated rings. The first-order chi connectivity index (χ1) is 14.9. The van der Waals surface area contributed by atoms with Crippen molar-refractivity contribution in [1.82, 2.24) is 0 Å². The number of hydrogen-bond acceptors (Lipinski definition) is 4. The third kappa shape index (κ3) is 4.27. The highest BCUT2D eigenvalue weighted by Gasteiger charge is 2.24. The Hall–Kier alpha value is -3.71. The lowest BCUT2D eigenvalue weighted by molar-refractivity contribution is -0.384. The van der Waals surface area contributed by atoms with Gasteiger partial charge in [-0.1, -0.05) is 29.8 Å². The maximum atomic E-state index is 12.9. The van der Waals surface area contributed by atoms with E-state index in [1.807, 2.05) is 30.3 Å². The summed E-state index contributed by atoms with van der Waals surface area (Å²) in [5.74, 6) is -0.524. The molecule has 0 unspecified atom stereocenters. The van der Waals surface area contributed by atoms with Gasteiger partial charge in [0.1, 0.15) is 0 Å². The molecule has 2 amide bonds. The zero-order valence-electron chi connectivity index (χ0n) is 16.4. The molecular formula is C23H18ClN3O4. The van der Waals surface area contributed by atoms with E-state index >= 15 is 0 Å². The number of rotatable bonds is 4. The highest BCUT2D eigenvalue weighted by molar-refractivity contribution is 6.34. The minimum Gasteiger partial charge on any atom is -0.322 e. The Labute approximate surface area is 183 Å². The Kier molecular flexibility index (Phi) is 5.68. The number of carbonyl (C=O) groups excluding carboxylic acids is 2. The van der Waals surface area contributed by atoms with Crippen LogP contribution in [-0.4, -0.2) is 23.3 Å². The summed E-state index contributed by atoms with van der Waals surface area (Å²) in [6, 6.07) is 18.2. The molecule has 31 heavy (non-hydrogen) atoms. The molecule has 0 saturated carbocycles. The molecule has 0 atom stereocenters. The van der Waals surface area contributed by atoms with Gasteiger partial charge in [0.2, 0.25) is 0 Å². The van der Waals surface area contributed by atoms with Crippen LogP contribution >= 0.6 is 11.6 Å². The quantitative estimate of drug-likeness (QED) is 0.456. The van der Waals surface area contributed by atoms with E-state index in [4.69, 9.17) is 11.6 Å². The molecule has 4 rings (SSSR count).